The third-order valence-corrected chi connectivity index (χ3v) is 3.84. The highest BCUT2D eigenvalue weighted by molar-refractivity contribution is 5.58. The number of halogens is 5. The van der Waals surface area contributed by atoms with Gasteiger partial charge in [0, 0.05) is 11.8 Å². The summed E-state index contributed by atoms with van der Waals surface area (Å²) < 4.78 is 71.0. The second kappa shape index (κ2) is 7.37. The van der Waals surface area contributed by atoms with Crippen molar-refractivity contribution >= 4 is 0 Å². The van der Waals surface area contributed by atoms with Crippen LogP contribution in [0.2, 0.25) is 0 Å². The molecule has 0 radical (unpaired) electrons. The van der Waals surface area contributed by atoms with Crippen LogP contribution in [0.15, 0.2) is 41.1 Å². The van der Waals surface area contributed by atoms with E-state index in [2.05, 4.69) is 25.5 Å². The fourth-order valence-corrected chi connectivity index (χ4v) is 2.46. The van der Waals surface area contributed by atoms with Crippen molar-refractivity contribution in [1.29, 1.82) is 0 Å². The van der Waals surface area contributed by atoms with Crippen LogP contribution >= 0.6 is 0 Å². The van der Waals surface area contributed by atoms with Gasteiger partial charge in [0.15, 0.2) is 17.5 Å². The van der Waals surface area contributed by atoms with Crippen molar-refractivity contribution in [1.82, 2.24) is 30.2 Å². The highest BCUT2D eigenvalue weighted by Gasteiger charge is 2.17. The van der Waals surface area contributed by atoms with Crippen LogP contribution in [0.1, 0.15) is 18.0 Å². The van der Waals surface area contributed by atoms with Crippen molar-refractivity contribution in [2.45, 2.75) is 13.0 Å². The first-order valence-corrected chi connectivity index (χ1v) is 8.02. The van der Waals surface area contributed by atoms with Gasteiger partial charge in [-0.25, -0.2) is 17.9 Å². The third kappa shape index (κ3) is 3.81. The average Bonchev–Trinajstić information content (AvgIpc) is 3.36. The van der Waals surface area contributed by atoms with Crippen LogP contribution in [0.4, 0.5) is 22.0 Å². The number of rotatable bonds is 5. The van der Waals surface area contributed by atoms with Crippen molar-refractivity contribution < 1.29 is 26.4 Å². The molecule has 1 aromatic carbocycles. The quantitative estimate of drug-likeness (QED) is 0.369. The van der Waals surface area contributed by atoms with E-state index < -0.39 is 29.8 Å². The standard InChI is InChI=1S/C17H9F5N6O/c18-11-3-9(4-12(19)14(11)20)13-7-28(27-24-13)6-10-2-1-8(5-23-10)16-25-26-17(29-16)15(21)22/h1-5,7,15H,6H2. The van der Waals surface area contributed by atoms with Crippen LogP contribution in [-0.4, -0.2) is 30.2 Å². The maximum Gasteiger partial charge on any atom is 0.314 e. The van der Waals surface area contributed by atoms with Crippen molar-refractivity contribution in [2.24, 2.45) is 0 Å². The Hall–Kier alpha value is -3.70. The van der Waals surface area contributed by atoms with E-state index in [0.717, 1.165) is 12.1 Å². The molecule has 29 heavy (non-hydrogen) atoms. The maximum atomic E-state index is 13.4. The summed E-state index contributed by atoms with van der Waals surface area (Å²) in [4.78, 5) is 4.15. The van der Waals surface area contributed by atoms with Gasteiger partial charge in [-0.15, -0.1) is 15.3 Å². The predicted octanol–water partition coefficient (Wildman–Crippen LogP) is 3.79. The monoisotopic (exact) mass is 408 g/mol. The molecule has 7 nitrogen and oxygen atoms in total. The lowest BCUT2D eigenvalue weighted by Crippen LogP contribution is -2.02. The third-order valence-electron chi connectivity index (χ3n) is 3.84. The molecule has 4 rings (SSSR count). The normalized spacial score (nSPS) is 11.4. The minimum Gasteiger partial charge on any atom is -0.415 e. The van der Waals surface area contributed by atoms with Crippen molar-refractivity contribution in [3.8, 4) is 22.7 Å². The minimum atomic E-state index is -2.87. The molecule has 0 saturated heterocycles. The summed E-state index contributed by atoms with van der Waals surface area (Å²) in [5, 5.41) is 14.4. The SMILES string of the molecule is Fc1cc(-c2cn(Cc3ccc(-c4nnc(C(F)F)o4)cn3)nn2)cc(F)c1F. The second-order valence-corrected chi connectivity index (χ2v) is 5.84. The first-order valence-electron chi connectivity index (χ1n) is 8.02. The highest BCUT2D eigenvalue weighted by Crippen LogP contribution is 2.24. The smallest absolute Gasteiger partial charge is 0.314 e. The van der Waals surface area contributed by atoms with E-state index in [1.165, 1.54) is 17.1 Å². The zero-order chi connectivity index (χ0) is 20.5. The number of benzene rings is 1. The fourth-order valence-electron chi connectivity index (χ4n) is 2.46. The topological polar surface area (TPSA) is 82.5 Å². The molecule has 3 heterocycles. The van der Waals surface area contributed by atoms with Crippen molar-refractivity contribution in [3.05, 3.63) is 65.7 Å². The molecule has 0 spiro atoms. The summed E-state index contributed by atoms with van der Waals surface area (Å²) in [6.07, 6.45) is -0.0944. The molecule has 0 aliphatic rings. The Balaban J connectivity index is 1.50. The second-order valence-electron chi connectivity index (χ2n) is 5.84. The van der Waals surface area contributed by atoms with Gasteiger partial charge in [-0.1, -0.05) is 5.21 Å². The van der Waals surface area contributed by atoms with Gasteiger partial charge in [-0.2, -0.15) is 8.78 Å². The average molecular weight is 408 g/mol. The van der Waals surface area contributed by atoms with Crippen LogP contribution < -0.4 is 0 Å². The molecular weight excluding hydrogens is 399 g/mol. The van der Waals surface area contributed by atoms with Gasteiger partial charge >= 0.3 is 6.43 Å². The lowest BCUT2D eigenvalue weighted by Gasteiger charge is -2.01. The number of alkyl halides is 2. The molecule has 0 unspecified atom stereocenters. The Kier molecular flexibility index (Phi) is 4.74. The van der Waals surface area contributed by atoms with E-state index in [1.807, 2.05) is 0 Å². The van der Waals surface area contributed by atoms with Crippen LogP contribution in [0.3, 0.4) is 0 Å². The molecule has 4 aromatic rings. The van der Waals surface area contributed by atoms with E-state index in [1.54, 1.807) is 12.1 Å². The summed E-state index contributed by atoms with van der Waals surface area (Å²) in [6.45, 7) is 0.158. The summed E-state index contributed by atoms with van der Waals surface area (Å²) in [5.41, 5.74) is 1.05. The molecule has 0 fully saturated rings. The summed E-state index contributed by atoms with van der Waals surface area (Å²) >= 11 is 0. The Labute approximate surface area is 158 Å². The van der Waals surface area contributed by atoms with Crippen LogP contribution in [0.5, 0.6) is 0 Å². The summed E-state index contributed by atoms with van der Waals surface area (Å²) in [6, 6.07) is 4.77. The van der Waals surface area contributed by atoms with Gasteiger partial charge in [0.1, 0.15) is 5.69 Å². The zero-order valence-electron chi connectivity index (χ0n) is 14.2. The fraction of sp³-hybridized carbons (Fsp3) is 0.118. The Morgan fingerprint density at radius 2 is 1.72 bits per heavy atom. The van der Waals surface area contributed by atoms with Gasteiger partial charge < -0.3 is 4.42 Å². The molecule has 0 saturated carbocycles. The number of hydrogen-bond donors (Lipinski definition) is 0. The molecule has 0 atom stereocenters. The predicted molar refractivity (Wildman–Crippen MR) is 86.9 cm³/mol. The molecule has 0 N–H and O–H groups in total. The number of nitrogens with zero attached hydrogens (tertiary/aromatic N) is 6. The highest BCUT2D eigenvalue weighted by atomic mass is 19.3. The molecule has 0 aliphatic heterocycles. The van der Waals surface area contributed by atoms with Gasteiger partial charge in [0.2, 0.25) is 5.89 Å². The van der Waals surface area contributed by atoms with E-state index in [9.17, 15) is 22.0 Å². The van der Waals surface area contributed by atoms with Crippen molar-refractivity contribution in [2.75, 3.05) is 0 Å². The van der Waals surface area contributed by atoms with E-state index in [4.69, 9.17) is 4.42 Å². The molecular formula is C17H9F5N6O. The lowest BCUT2D eigenvalue weighted by molar-refractivity contribution is 0.116. The molecule has 3 aromatic heterocycles. The molecule has 0 amide bonds. The van der Waals surface area contributed by atoms with E-state index in [0.29, 0.717) is 11.3 Å². The number of hydrogen-bond acceptors (Lipinski definition) is 6. The Morgan fingerprint density at radius 3 is 2.34 bits per heavy atom. The van der Waals surface area contributed by atoms with E-state index >= 15 is 0 Å². The largest absolute Gasteiger partial charge is 0.415 e. The molecule has 0 aliphatic carbocycles. The Bertz CT molecular complexity index is 1130. The van der Waals surface area contributed by atoms with Crippen LogP contribution in [-0.2, 0) is 6.54 Å². The zero-order valence-corrected chi connectivity index (χ0v) is 14.2. The molecule has 12 heteroatoms. The van der Waals surface area contributed by atoms with Crippen LogP contribution in [0.25, 0.3) is 22.7 Å². The number of aromatic nitrogens is 6. The molecule has 148 valence electrons. The first-order chi connectivity index (χ1) is 13.9. The Morgan fingerprint density at radius 1 is 0.966 bits per heavy atom. The van der Waals surface area contributed by atoms with Gasteiger partial charge in [0.05, 0.1) is 24.0 Å². The summed E-state index contributed by atoms with van der Waals surface area (Å²) in [7, 11) is 0. The van der Waals surface area contributed by atoms with E-state index in [-0.39, 0.29) is 23.7 Å². The summed E-state index contributed by atoms with van der Waals surface area (Å²) in [5.74, 6) is -5.10. The first kappa shape index (κ1) is 18.7. The van der Waals surface area contributed by atoms with Gasteiger partial charge in [-0.3, -0.25) is 4.98 Å². The maximum absolute atomic E-state index is 13.4. The molecule has 0 bridgehead atoms. The minimum absolute atomic E-state index is 0.0298. The van der Waals surface area contributed by atoms with Crippen molar-refractivity contribution in [3.63, 3.8) is 0 Å². The van der Waals surface area contributed by atoms with Gasteiger partial charge in [-0.05, 0) is 24.3 Å². The van der Waals surface area contributed by atoms with Gasteiger partial charge in [0.25, 0.3) is 5.89 Å². The number of pyridine rings is 1. The van der Waals surface area contributed by atoms with Crippen LogP contribution in [0, 0.1) is 17.5 Å². The lowest BCUT2D eigenvalue weighted by atomic mass is 10.1.